The second-order valence-corrected chi connectivity index (χ2v) is 7.87. The SMILES string of the molecule is CN(C)C(=O)c1ccc(Nc2cc(NCc3cccc(-n4ccnc4)c3)c(C(N)=O)cn2)cc1. The Kier molecular flexibility index (Phi) is 6.54. The maximum atomic E-state index is 12.1. The molecule has 2 heterocycles. The number of rotatable bonds is 8. The summed E-state index contributed by atoms with van der Waals surface area (Å²) in [5.74, 6) is -0.106. The van der Waals surface area contributed by atoms with Crippen molar-refractivity contribution in [2.24, 2.45) is 5.73 Å². The second kappa shape index (κ2) is 9.86. The molecule has 0 aliphatic rings. The fraction of sp³-hybridized carbons (Fsp3) is 0.120. The Labute approximate surface area is 197 Å². The van der Waals surface area contributed by atoms with Gasteiger partial charge in [0.25, 0.3) is 11.8 Å². The van der Waals surface area contributed by atoms with Crippen molar-refractivity contribution in [3.63, 3.8) is 0 Å². The minimum absolute atomic E-state index is 0.0703. The van der Waals surface area contributed by atoms with Crippen LogP contribution in [0.4, 0.5) is 17.2 Å². The van der Waals surface area contributed by atoms with Gasteiger partial charge < -0.3 is 25.8 Å². The van der Waals surface area contributed by atoms with Crippen molar-refractivity contribution >= 4 is 29.0 Å². The molecule has 0 saturated carbocycles. The van der Waals surface area contributed by atoms with E-state index in [1.54, 1.807) is 57.0 Å². The Bertz CT molecular complexity index is 1300. The lowest BCUT2D eigenvalue weighted by Gasteiger charge is -2.14. The van der Waals surface area contributed by atoms with Crippen LogP contribution in [0.3, 0.4) is 0 Å². The first kappa shape index (κ1) is 22.5. The average molecular weight is 456 g/mol. The molecule has 4 rings (SSSR count). The summed E-state index contributed by atoms with van der Waals surface area (Å²) in [4.78, 5) is 33.9. The molecule has 0 fully saturated rings. The van der Waals surface area contributed by atoms with Crippen molar-refractivity contribution in [2.75, 3.05) is 24.7 Å². The monoisotopic (exact) mass is 455 g/mol. The number of imidazole rings is 1. The molecule has 0 atom stereocenters. The van der Waals surface area contributed by atoms with Gasteiger partial charge in [0.05, 0.1) is 17.6 Å². The molecule has 34 heavy (non-hydrogen) atoms. The molecule has 9 nitrogen and oxygen atoms in total. The van der Waals surface area contributed by atoms with E-state index in [0.29, 0.717) is 29.2 Å². The topological polar surface area (TPSA) is 118 Å². The summed E-state index contributed by atoms with van der Waals surface area (Å²) in [5.41, 5.74) is 9.78. The van der Waals surface area contributed by atoms with E-state index in [-0.39, 0.29) is 5.91 Å². The Hall–Kier alpha value is -4.66. The number of benzene rings is 2. The smallest absolute Gasteiger partial charge is 0.253 e. The number of nitrogens with one attached hydrogen (secondary N) is 2. The van der Waals surface area contributed by atoms with E-state index in [1.165, 1.54) is 11.1 Å². The first-order chi connectivity index (χ1) is 16.4. The van der Waals surface area contributed by atoms with E-state index in [4.69, 9.17) is 5.73 Å². The summed E-state index contributed by atoms with van der Waals surface area (Å²) in [7, 11) is 3.42. The Morgan fingerprint density at radius 1 is 1.09 bits per heavy atom. The van der Waals surface area contributed by atoms with Crippen LogP contribution in [0.2, 0.25) is 0 Å². The number of carbonyl (C=O) groups is 2. The Balaban J connectivity index is 1.51. The molecule has 172 valence electrons. The third kappa shape index (κ3) is 5.21. The zero-order chi connectivity index (χ0) is 24.1. The zero-order valence-corrected chi connectivity index (χ0v) is 18.9. The molecule has 0 aliphatic heterocycles. The van der Waals surface area contributed by atoms with Crippen LogP contribution in [0.5, 0.6) is 0 Å². The predicted octanol–water partition coefficient (Wildman–Crippen LogP) is 3.42. The molecule has 0 saturated heterocycles. The maximum Gasteiger partial charge on any atom is 0.253 e. The van der Waals surface area contributed by atoms with E-state index in [9.17, 15) is 9.59 Å². The molecule has 4 aromatic rings. The van der Waals surface area contributed by atoms with Crippen LogP contribution in [0, 0.1) is 0 Å². The molecule has 0 spiro atoms. The molecule has 0 bridgehead atoms. The largest absolute Gasteiger partial charge is 0.380 e. The highest BCUT2D eigenvalue weighted by Crippen LogP contribution is 2.23. The van der Waals surface area contributed by atoms with E-state index < -0.39 is 5.91 Å². The van der Waals surface area contributed by atoms with Crippen molar-refractivity contribution in [1.82, 2.24) is 19.4 Å². The molecule has 2 aromatic heterocycles. The highest BCUT2D eigenvalue weighted by Gasteiger charge is 2.12. The van der Waals surface area contributed by atoms with Gasteiger partial charge in [0.15, 0.2) is 0 Å². The third-order valence-electron chi connectivity index (χ3n) is 5.18. The summed E-state index contributed by atoms with van der Waals surface area (Å²) in [6, 6.07) is 16.8. The highest BCUT2D eigenvalue weighted by molar-refractivity contribution is 5.98. The van der Waals surface area contributed by atoms with Gasteiger partial charge in [0.2, 0.25) is 0 Å². The number of nitrogens with two attached hydrogens (primary N) is 1. The fourth-order valence-electron chi connectivity index (χ4n) is 3.40. The third-order valence-corrected chi connectivity index (χ3v) is 5.18. The van der Waals surface area contributed by atoms with Gasteiger partial charge in [-0.05, 0) is 42.0 Å². The number of nitrogens with zero attached hydrogens (tertiary/aromatic N) is 4. The van der Waals surface area contributed by atoms with E-state index in [2.05, 4.69) is 20.6 Å². The van der Waals surface area contributed by atoms with Crippen LogP contribution in [0.15, 0.2) is 79.5 Å². The van der Waals surface area contributed by atoms with Crippen molar-refractivity contribution in [1.29, 1.82) is 0 Å². The highest BCUT2D eigenvalue weighted by atomic mass is 16.2. The van der Waals surface area contributed by atoms with Crippen molar-refractivity contribution < 1.29 is 9.59 Å². The summed E-state index contributed by atoms with van der Waals surface area (Å²) in [5, 5.41) is 6.48. The number of hydrogen-bond donors (Lipinski definition) is 3. The summed E-state index contributed by atoms with van der Waals surface area (Å²) >= 11 is 0. The fourth-order valence-corrected chi connectivity index (χ4v) is 3.40. The maximum absolute atomic E-state index is 12.1. The minimum Gasteiger partial charge on any atom is -0.380 e. The van der Waals surface area contributed by atoms with Gasteiger partial charge in [-0.1, -0.05) is 12.1 Å². The second-order valence-electron chi connectivity index (χ2n) is 7.87. The molecule has 2 amide bonds. The lowest BCUT2D eigenvalue weighted by molar-refractivity contribution is 0.0827. The lowest BCUT2D eigenvalue weighted by Crippen LogP contribution is -2.21. The molecule has 0 aliphatic carbocycles. The van der Waals surface area contributed by atoms with Gasteiger partial charge in [0, 0.05) is 62.2 Å². The lowest BCUT2D eigenvalue weighted by atomic mass is 10.1. The van der Waals surface area contributed by atoms with Crippen molar-refractivity contribution in [3.05, 3.63) is 96.2 Å². The molecular weight excluding hydrogens is 430 g/mol. The first-order valence-electron chi connectivity index (χ1n) is 10.6. The number of aromatic nitrogens is 3. The minimum atomic E-state index is -0.569. The van der Waals surface area contributed by atoms with E-state index in [0.717, 1.165) is 16.9 Å². The van der Waals surface area contributed by atoms with Crippen LogP contribution < -0.4 is 16.4 Å². The van der Waals surface area contributed by atoms with Gasteiger partial charge in [-0.2, -0.15) is 0 Å². The van der Waals surface area contributed by atoms with Gasteiger partial charge in [-0.15, -0.1) is 0 Å². The van der Waals surface area contributed by atoms with Gasteiger partial charge >= 0.3 is 0 Å². The molecular formula is C25H25N7O2. The number of hydrogen-bond acceptors (Lipinski definition) is 6. The molecule has 9 heteroatoms. The van der Waals surface area contributed by atoms with E-state index in [1.807, 2.05) is 35.0 Å². The average Bonchev–Trinajstić information content (AvgIpc) is 3.38. The molecule has 4 N–H and O–H groups in total. The zero-order valence-electron chi connectivity index (χ0n) is 18.9. The molecule has 2 aromatic carbocycles. The normalized spacial score (nSPS) is 10.5. The van der Waals surface area contributed by atoms with E-state index >= 15 is 0 Å². The van der Waals surface area contributed by atoms with Crippen LogP contribution in [0.25, 0.3) is 5.69 Å². The van der Waals surface area contributed by atoms with Crippen LogP contribution in [-0.2, 0) is 6.54 Å². The summed E-state index contributed by atoms with van der Waals surface area (Å²) in [6.07, 6.45) is 6.78. The van der Waals surface area contributed by atoms with Gasteiger partial charge in [-0.25, -0.2) is 9.97 Å². The van der Waals surface area contributed by atoms with Gasteiger partial charge in [-0.3, -0.25) is 9.59 Å². The number of primary amides is 1. The Morgan fingerprint density at radius 3 is 2.56 bits per heavy atom. The van der Waals surface area contributed by atoms with Crippen LogP contribution >= 0.6 is 0 Å². The first-order valence-corrected chi connectivity index (χ1v) is 10.6. The number of carbonyl (C=O) groups excluding carboxylic acids is 2. The Morgan fingerprint density at radius 2 is 1.88 bits per heavy atom. The molecule has 0 unspecified atom stereocenters. The summed E-state index contributed by atoms with van der Waals surface area (Å²) in [6.45, 7) is 0.480. The van der Waals surface area contributed by atoms with Crippen LogP contribution in [-0.4, -0.2) is 45.3 Å². The van der Waals surface area contributed by atoms with Crippen molar-refractivity contribution in [2.45, 2.75) is 6.54 Å². The molecule has 0 radical (unpaired) electrons. The quantitative estimate of drug-likeness (QED) is 0.375. The van der Waals surface area contributed by atoms with Crippen molar-refractivity contribution in [3.8, 4) is 5.69 Å². The van der Waals surface area contributed by atoms with Gasteiger partial charge in [0.1, 0.15) is 5.82 Å². The standard InChI is InChI=1S/C25H25N7O2/c1-31(2)25(34)18-6-8-19(9-7-18)30-23-13-22(21(15-29-23)24(26)33)28-14-17-4-3-5-20(12-17)32-11-10-27-16-32/h3-13,15-16H,14H2,1-2H3,(H2,26,33)(H2,28,29,30). The number of amides is 2. The predicted molar refractivity (Wildman–Crippen MR) is 131 cm³/mol. The number of pyridine rings is 1. The number of anilines is 3. The van der Waals surface area contributed by atoms with Crippen LogP contribution in [0.1, 0.15) is 26.3 Å². The summed E-state index contributed by atoms with van der Waals surface area (Å²) < 4.78 is 1.92.